The summed E-state index contributed by atoms with van der Waals surface area (Å²) in [6, 6.07) is 10.9. The third-order valence-corrected chi connectivity index (χ3v) is 4.33. The third-order valence-electron chi connectivity index (χ3n) is 3.53. The molecule has 0 saturated carbocycles. The van der Waals surface area contributed by atoms with E-state index in [9.17, 15) is 4.79 Å². The van der Waals surface area contributed by atoms with Crippen molar-refractivity contribution in [3.63, 3.8) is 0 Å². The highest BCUT2D eigenvalue weighted by molar-refractivity contribution is 7.80. The van der Waals surface area contributed by atoms with Crippen molar-refractivity contribution < 1.29 is 4.79 Å². The van der Waals surface area contributed by atoms with Crippen molar-refractivity contribution in [3.05, 3.63) is 63.1 Å². The van der Waals surface area contributed by atoms with Gasteiger partial charge in [0, 0.05) is 15.7 Å². The molecule has 0 saturated heterocycles. The first-order chi connectivity index (χ1) is 11.4. The number of amides is 1. The minimum atomic E-state index is -0.260. The van der Waals surface area contributed by atoms with E-state index in [1.165, 1.54) is 0 Å². The average molecular weight is 382 g/mol. The SMILES string of the molecule is Cc1cccc(NC(=S)NNC(=O)Cc2ccc(Cl)cc2Cl)c1C. The number of hydrazine groups is 1. The summed E-state index contributed by atoms with van der Waals surface area (Å²) in [6.07, 6.45) is 0.120. The molecule has 0 bridgehead atoms. The number of carbonyl (C=O) groups excluding carboxylic acids is 1. The van der Waals surface area contributed by atoms with Crippen molar-refractivity contribution in [2.24, 2.45) is 0 Å². The van der Waals surface area contributed by atoms with E-state index < -0.39 is 0 Å². The third kappa shape index (κ3) is 5.09. The maximum atomic E-state index is 12.0. The lowest BCUT2D eigenvalue weighted by atomic mass is 10.1. The van der Waals surface area contributed by atoms with Crippen molar-refractivity contribution in [1.82, 2.24) is 10.9 Å². The van der Waals surface area contributed by atoms with Crippen molar-refractivity contribution in [2.75, 3.05) is 5.32 Å². The van der Waals surface area contributed by atoms with Crippen LogP contribution in [0.25, 0.3) is 0 Å². The zero-order chi connectivity index (χ0) is 17.7. The number of hydrogen-bond acceptors (Lipinski definition) is 2. The molecular formula is C17H17Cl2N3OS. The summed E-state index contributed by atoms with van der Waals surface area (Å²) in [5.41, 5.74) is 9.06. The Bertz CT molecular complexity index is 780. The fraction of sp³-hybridized carbons (Fsp3) is 0.176. The highest BCUT2D eigenvalue weighted by Gasteiger charge is 2.08. The van der Waals surface area contributed by atoms with E-state index in [-0.39, 0.29) is 12.3 Å². The first-order valence-corrected chi connectivity index (χ1v) is 8.39. The number of nitrogens with one attached hydrogen (secondary N) is 3. The van der Waals surface area contributed by atoms with Gasteiger partial charge in [0.15, 0.2) is 5.11 Å². The molecule has 0 aliphatic heterocycles. The van der Waals surface area contributed by atoms with Crippen LogP contribution in [0.5, 0.6) is 0 Å². The molecule has 3 N–H and O–H groups in total. The Morgan fingerprint density at radius 2 is 1.88 bits per heavy atom. The zero-order valence-electron chi connectivity index (χ0n) is 13.2. The summed E-state index contributed by atoms with van der Waals surface area (Å²) in [4.78, 5) is 12.0. The molecular weight excluding hydrogens is 365 g/mol. The molecule has 0 radical (unpaired) electrons. The number of benzene rings is 2. The summed E-state index contributed by atoms with van der Waals surface area (Å²) >= 11 is 17.1. The van der Waals surface area contributed by atoms with Gasteiger partial charge in [-0.2, -0.15) is 0 Å². The number of aryl methyl sites for hydroxylation is 1. The number of rotatable bonds is 3. The van der Waals surface area contributed by atoms with Gasteiger partial charge < -0.3 is 5.32 Å². The molecule has 0 spiro atoms. The van der Waals surface area contributed by atoms with E-state index in [4.69, 9.17) is 35.4 Å². The number of carbonyl (C=O) groups is 1. The van der Waals surface area contributed by atoms with Crippen molar-refractivity contribution in [2.45, 2.75) is 20.3 Å². The molecule has 0 aromatic heterocycles. The van der Waals surface area contributed by atoms with Crippen LogP contribution in [0.3, 0.4) is 0 Å². The molecule has 0 heterocycles. The largest absolute Gasteiger partial charge is 0.331 e. The highest BCUT2D eigenvalue weighted by atomic mass is 35.5. The molecule has 0 unspecified atom stereocenters. The van der Waals surface area contributed by atoms with Gasteiger partial charge in [-0.25, -0.2) is 0 Å². The quantitative estimate of drug-likeness (QED) is 0.551. The monoisotopic (exact) mass is 381 g/mol. The Hall–Kier alpha value is -1.82. The predicted octanol–water partition coefficient (Wildman–Crippen LogP) is 4.17. The molecule has 2 aromatic carbocycles. The number of thiocarbonyl (C=S) groups is 1. The van der Waals surface area contributed by atoms with Gasteiger partial charge in [-0.15, -0.1) is 0 Å². The number of anilines is 1. The van der Waals surface area contributed by atoms with Gasteiger partial charge in [0.2, 0.25) is 5.91 Å². The molecule has 0 aliphatic carbocycles. The fourth-order valence-electron chi connectivity index (χ4n) is 2.05. The van der Waals surface area contributed by atoms with Crippen molar-refractivity contribution >= 4 is 52.1 Å². The predicted molar refractivity (Wildman–Crippen MR) is 104 cm³/mol. The lowest BCUT2D eigenvalue weighted by Crippen LogP contribution is -2.44. The molecule has 2 rings (SSSR count). The normalized spacial score (nSPS) is 10.2. The van der Waals surface area contributed by atoms with Crippen LogP contribution in [0.4, 0.5) is 5.69 Å². The summed E-state index contributed by atoms with van der Waals surface area (Å²) < 4.78 is 0. The maximum absolute atomic E-state index is 12.0. The molecule has 126 valence electrons. The standard InChI is InChI=1S/C17H17Cl2N3OS/c1-10-4-3-5-15(11(10)2)20-17(24)22-21-16(23)8-12-6-7-13(18)9-14(12)19/h3-7,9H,8H2,1-2H3,(H,21,23)(H2,20,22,24). The Balaban J connectivity index is 1.87. The Morgan fingerprint density at radius 1 is 1.12 bits per heavy atom. The van der Waals surface area contributed by atoms with Crippen LogP contribution in [0.15, 0.2) is 36.4 Å². The second-order valence-electron chi connectivity index (χ2n) is 5.29. The smallest absolute Gasteiger partial charge is 0.242 e. The first-order valence-electron chi connectivity index (χ1n) is 7.23. The summed E-state index contributed by atoms with van der Waals surface area (Å²) in [7, 11) is 0. The van der Waals surface area contributed by atoms with Gasteiger partial charge in [0.05, 0.1) is 6.42 Å². The number of hydrogen-bond donors (Lipinski definition) is 3. The summed E-state index contributed by atoms with van der Waals surface area (Å²) in [5, 5.41) is 4.34. The molecule has 1 amide bonds. The lowest BCUT2D eigenvalue weighted by molar-refractivity contribution is -0.120. The van der Waals surface area contributed by atoms with Crippen LogP contribution >= 0.6 is 35.4 Å². The molecule has 0 atom stereocenters. The van der Waals surface area contributed by atoms with Crippen molar-refractivity contribution in [1.29, 1.82) is 0 Å². The van der Waals surface area contributed by atoms with Crippen molar-refractivity contribution in [3.8, 4) is 0 Å². The molecule has 0 aliphatic rings. The van der Waals surface area contributed by atoms with Gasteiger partial charge in [-0.05, 0) is 61.0 Å². The van der Waals surface area contributed by atoms with Crippen LogP contribution in [0.1, 0.15) is 16.7 Å². The second kappa shape index (κ2) is 8.33. The lowest BCUT2D eigenvalue weighted by Gasteiger charge is -2.14. The minimum absolute atomic E-state index is 0.120. The van der Waals surface area contributed by atoms with E-state index in [0.29, 0.717) is 20.7 Å². The van der Waals surface area contributed by atoms with Crippen LogP contribution in [-0.2, 0) is 11.2 Å². The van der Waals surface area contributed by atoms with Gasteiger partial charge in [0.1, 0.15) is 0 Å². The van der Waals surface area contributed by atoms with Gasteiger partial charge >= 0.3 is 0 Å². The van der Waals surface area contributed by atoms with Gasteiger partial charge in [-0.1, -0.05) is 41.4 Å². The van der Waals surface area contributed by atoms with E-state index in [0.717, 1.165) is 16.8 Å². The minimum Gasteiger partial charge on any atom is -0.331 e. The van der Waals surface area contributed by atoms with Crippen LogP contribution < -0.4 is 16.2 Å². The van der Waals surface area contributed by atoms with E-state index in [2.05, 4.69) is 16.2 Å². The van der Waals surface area contributed by atoms with Crippen LogP contribution in [0, 0.1) is 13.8 Å². The molecule has 0 fully saturated rings. The molecule has 2 aromatic rings. The fourth-order valence-corrected chi connectivity index (χ4v) is 2.69. The molecule has 24 heavy (non-hydrogen) atoms. The highest BCUT2D eigenvalue weighted by Crippen LogP contribution is 2.21. The number of halogens is 2. The van der Waals surface area contributed by atoms with Crippen LogP contribution in [-0.4, -0.2) is 11.0 Å². The Morgan fingerprint density at radius 3 is 2.58 bits per heavy atom. The maximum Gasteiger partial charge on any atom is 0.242 e. The van der Waals surface area contributed by atoms with E-state index in [1.54, 1.807) is 18.2 Å². The van der Waals surface area contributed by atoms with Crippen LogP contribution in [0.2, 0.25) is 10.0 Å². The topological polar surface area (TPSA) is 53.2 Å². The second-order valence-corrected chi connectivity index (χ2v) is 6.54. The molecule has 7 heteroatoms. The van der Waals surface area contributed by atoms with Gasteiger partial charge in [-0.3, -0.25) is 15.6 Å². The van der Waals surface area contributed by atoms with E-state index >= 15 is 0 Å². The van der Waals surface area contributed by atoms with Gasteiger partial charge in [0.25, 0.3) is 0 Å². The first kappa shape index (κ1) is 18.5. The summed E-state index contributed by atoms with van der Waals surface area (Å²) in [6.45, 7) is 4.02. The Labute approximate surface area is 156 Å². The molecule has 4 nitrogen and oxygen atoms in total. The average Bonchev–Trinajstić information content (AvgIpc) is 2.53. The summed E-state index contributed by atoms with van der Waals surface area (Å²) in [5.74, 6) is -0.260. The zero-order valence-corrected chi connectivity index (χ0v) is 15.6. The Kier molecular flexibility index (Phi) is 6.43. The van der Waals surface area contributed by atoms with E-state index in [1.807, 2.05) is 32.0 Å².